The molecule has 0 spiro atoms. The van der Waals surface area contributed by atoms with Gasteiger partial charge in [0.1, 0.15) is 0 Å². The van der Waals surface area contributed by atoms with Gasteiger partial charge in [-0.2, -0.15) is 4.98 Å². The van der Waals surface area contributed by atoms with E-state index in [1.165, 1.54) is 11.6 Å². The lowest BCUT2D eigenvalue weighted by molar-refractivity contribution is 0.158. The maximum atomic E-state index is 12.8. The fourth-order valence-corrected chi connectivity index (χ4v) is 3.01. The van der Waals surface area contributed by atoms with Gasteiger partial charge in [-0.15, -0.1) is 0 Å². The number of aromatic nitrogens is 4. The van der Waals surface area contributed by atoms with Crippen molar-refractivity contribution in [3.05, 3.63) is 56.7 Å². The van der Waals surface area contributed by atoms with E-state index in [0.717, 1.165) is 10.1 Å². The van der Waals surface area contributed by atoms with Crippen LogP contribution in [0.25, 0.3) is 11.2 Å². The van der Waals surface area contributed by atoms with Gasteiger partial charge in [-0.1, -0.05) is 44.2 Å². The minimum absolute atomic E-state index is 0.147. The summed E-state index contributed by atoms with van der Waals surface area (Å²) in [5, 5.41) is 13.9. The first-order valence-electron chi connectivity index (χ1n) is 8.94. The lowest BCUT2D eigenvalue weighted by Gasteiger charge is -2.16. The minimum Gasteiger partial charge on any atom is -0.387 e. The molecule has 2 N–H and O–H groups in total. The van der Waals surface area contributed by atoms with E-state index in [-0.39, 0.29) is 6.54 Å². The van der Waals surface area contributed by atoms with E-state index in [1.54, 1.807) is 11.6 Å². The van der Waals surface area contributed by atoms with Crippen molar-refractivity contribution in [2.45, 2.75) is 26.5 Å². The first-order chi connectivity index (χ1) is 12.8. The van der Waals surface area contributed by atoms with E-state index in [2.05, 4.69) is 24.1 Å². The molecule has 1 aromatic carbocycles. The lowest BCUT2D eigenvalue weighted by atomic mass is 10.1. The molecule has 1 atom stereocenters. The monoisotopic (exact) mass is 371 g/mol. The van der Waals surface area contributed by atoms with Crippen LogP contribution in [-0.2, 0) is 20.6 Å². The van der Waals surface area contributed by atoms with Gasteiger partial charge in [-0.3, -0.25) is 13.9 Å². The van der Waals surface area contributed by atoms with Gasteiger partial charge in [0.2, 0.25) is 5.95 Å². The number of fused-ring (bicyclic) bond motifs is 1. The van der Waals surface area contributed by atoms with Crippen molar-refractivity contribution in [3.8, 4) is 0 Å². The van der Waals surface area contributed by atoms with E-state index < -0.39 is 17.4 Å². The topological polar surface area (TPSA) is 94.1 Å². The summed E-state index contributed by atoms with van der Waals surface area (Å²) in [6, 6.07) is 9.25. The Kier molecular flexibility index (Phi) is 5.18. The lowest BCUT2D eigenvalue weighted by Crippen LogP contribution is -2.37. The van der Waals surface area contributed by atoms with Crippen LogP contribution in [0.3, 0.4) is 0 Å². The number of imidazole rings is 1. The van der Waals surface area contributed by atoms with Crippen molar-refractivity contribution in [2.75, 3.05) is 11.9 Å². The highest BCUT2D eigenvalue weighted by Crippen LogP contribution is 2.21. The Hall–Kier alpha value is -2.87. The SMILES string of the molecule is CC(C)CNc1nc2c(c(=O)n(C)c(=O)n2C)n1C[C@@H](O)c1ccccc1. The van der Waals surface area contributed by atoms with Crippen LogP contribution in [0.2, 0.25) is 0 Å². The van der Waals surface area contributed by atoms with Gasteiger partial charge in [-0.05, 0) is 11.5 Å². The molecule has 0 aliphatic heterocycles. The summed E-state index contributed by atoms with van der Waals surface area (Å²) in [6.07, 6.45) is -0.815. The summed E-state index contributed by atoms with van der Waals surface area (Å²) in [4.78, 5) is 29.5. The molecule has 8 heteroatoms. The van der Waals surface area contributed by atoms with Crippen molar-refractivity contribution < 1.29 is 5.11 Å². The summed E-state index contributed by atoms with van der Waals surface area (Å²) in [7, 11) is 3.03. The molecule has 2 heterocycles. The van der Waals surface area contributed by atoms with Crippen LogP contribution in [0.5, 0.6) is 0 Å². The summed E-state index contributed by atoms with van der Waals surface area (Å²) >= 11 is 0. The van der Waals surface area contributed by atoms with Crippen LogP contribution in [0, 0.1) is 5.92 Å². The first kappa shape index (κ1) is 18.9. The molecule has 27 heavy (non-hydrogen) atoms. The molecule has 0 amide bonds. The zero-order valence-corrected chi connectivity index (χ0v) is 16.0. The summed E-state index contributed by atoms with van der Waals surface area (Å²) in [5.74, 6) is 0.830. The standard InChI is InChI=1S/C19H25N5O3/c1-12(2)10-20-18-21-16-15(17(26)23(4)19(27)22(16)3)24(18)11-14(25)13-8-6-5-7-9-13/h5-9,12,14,25H,10-11H2,1-4H3,(H,20,21)/t14-/m1/s1. The van der Waals surface area contributed by atoms with Gasteiger partial charge in [0.05, 0.1) is 12.6 Å². The summed E-state index contributed by atoms with van der Waals surface area (Å²) in [5.41, 5.74) is 0.473. The van der Waals surface area contributed by atoms with Crippen LogP contribution < -0.4 is 16.6 Å². The quantitative estimate of drug-likeness (QED) is 0.680. The third kappa shape index (κ3) is 3.52. The number of rotatable bonds is 6. The number of anilines is 1. The fraction of sp³-hybridized carbons (Fsp3) is 0.421. The molecule has 3 aromatic rings. The average molecular weight is 371 g/mol. The third-order valence-corrected chi connectivity index (χ3v) is 4.56. The smallest absolute Gasteiger partial charge is 0.332 e. The summed E-state index contributed by atoms with van der Waals surface area (Å²) < 4.78 is 4.07. The average Bonchev–Trinajstić information content (AvgIpc) is 3.02. The Morgan fingerprint density at radius 1 is 1.11 bits per heavy atom. The van der Waals surface area contributed by atoms with Gasteiger partial charge in [0, 0.05) is 20.6 Å². The van der Waals surface area contributed by atoms with E-state index >= 15 is 0 Å². The van der Waals surface area contributed by atoms with Gasteiger partial charge in [-0.25, -0.2) is 4.79 Å². The van der Waals surface area contributed by atoms with Gasteiger partial charge in [0.25, 0.3) is 5.56 Å². The van der Waals surface area contributed by atoms with Crippen LogP contribution in [0.4, 0.5) is 5.95 Å². The predicted octanol–water partition coefficient (Wildman–Crippen LogP) is 1.24. The zero-order chi connectivity index (χ0) is 19.7. The van der Waals surface area contributed by atoms with Gasteiger partial charge in [0.15, 0.2) is 11.2 Å². The second-order valence-electron chi connectivity index (χ2n) is 7.13. The minimum atomic E-state index is -0.815. The van der Waals surface area contributed by atoms with Gasteiger partial charge >= 0.3 is 5.69 Å². The molecular weight excluding hydrogens is 346 g/mol. The molecule has 0 fully saturated rings. The van der Waals surface area contributed by atoms with Crippen LogP contribution in [-0.4, -0.2) is 30.3 Å². The molecule has 3 rings (SSSR count). The normalized spacial score (nSPS) is 12.7. The third-order valence-electron chi connectivity index (χ3n) is 4.56. The van der Waals surface area contributed by atoms with E-state index in [1.807, 2.05) is 30.3 Å². The molecule has 0 bridgehead atoms. The van der Waals surface area contributed by atoms with E-state index in [0.29, 0.717) is 29.6 Å². The molecule has 0 unspecified atom stereocenters. The first-order valence-corrected chi connectivity index (χ1v) is 8.94. The maximum absolute atomic E-state index is 12.8. The Bertz CT molecular complexity index is 1060. The molecule has 0 radical (unpaired) electrons. The highest BCUT2D eigenvalue weighted by Gasteiger charge is 2.21. The maximum Gasteiger partial charge on any atom is 0.332 e. The Labute approximate surface area is 156 Å². The number of nitrogens with one attached hydrogen (secondary N) is 1. The molecule has 0 saturated carbocycles. The molecule has 8 nitrogen and oxygen atoms in total. The largest absolute Gasteiger partial charge is 0.387 e. The zero-order valence-electron chi connectivity index (χ0n) is 16.0. The Morgan fingerprint density at radius 2 is 1.78 bits per heavy atom. The van der Waals surface area contributed by atoms with E-state index in [4.69, 9.17) is 0 Å². The number of nitrogens with zero attached hydrogens (tertiary/aromatic N) is 4. The van der Waals surface area contributed by atoms with Crippen molar-refractivity contribution in [1.82, 2.24) is 18.7 Å². The number of hydrogen-bond acceptors (Lipinski definition) is 5. The van der Waals surface area contributed by atoms with E-state index in [9.17, 15) is 14.7 Å². The number of benzene rings is 1. The van der Waals surface area contributed by atoms with Crippen LogP contribution >= 0.6 is 0 Å². The number of aliphatic hydroxyl groups is 1. The van der Waals surface area contributed by atoms with Crippen molar-refractivity contribution in [1.29, 1.82) is 0 Å². The molecule has 0 aliphatic rings. The molecule has 0 aliphatic carbocycles. The molecule has 144 valence electrons. The Balaban J connectivity index is 2.16. The second kappa shape index (κ2) is 7.40. The van der Waals surface area contributed by atoms with Crippen LogP contribution in [0.15, 0.2) is 39.9 Å². The number of aliphatic hydroxyl groups excluding tert-OH is 1. The Morgan fingerprint density at radius 3 is 2.41 bits per heavy atom. The fourth-order valence-electron chi connectivity index (χ4n) is 3.01. The molecule has 0 saturated heterocycles. The van der Waals surface area contributed by atoms with Crippen molar-refractivity contribution >= 4 is 17.1 Å². The number of hydrogen-bond donors (Lipinski definition) is 2. The predicted molar refractivity (Wildman–Crippen MR) is 105 cm³/mol. The molecular formula is C19H25N5O3. The highest BCUT2D eigenvalue weighted by molar-refractivity contribution is 5.74. The van der Waals surface area contributed by atoms with Gasteiger partial charge < -0.3 is 15.0 Å². The number of aryl methyl sites for hydroxylation is 1. The molecule has 2 aromatic heterocycles. The highest BCUT2D eigenvalue weighted by atomic mass is 16.3. The van der Waals surface area contributed by atoms with Crippen molar-refractivity contribution in [3.63, 3.8) is 0 Å². The van der Waals surface area contributed by atoms with Crippen LogP contribution in [0.1, 0.15) is 25.5 Å². The summed E-state index contributed by atoms with van der Waals surface area (Å²) in [6.45, 7) is 4.93. The van der Waals surface area contributed by atoms with Crippen molar-refractivity contribution in [2.24, 2.45) is 20.0 Å². The second-order valence-corrected chi connectivity index (χ2v) is 7.13.